The van der Waals surface area contributed by atoms with Crippen LogP contribution in [0.1, 0.15) is 18.9 Å². The molecule has 0 radical (unpaired) electrons. The van der Waals surface area contributed by atoms with E-state index >= 15 is 0 Å². The third kappa shape index (κ3) is 2.01. The van der Waals surface area contributed by atoms with Gasteiger partial charge in [0.15, 0.2) is 0 Å². The molecule has 1 fully saturated rings. The number of pyridine rings is 1. The molecule has 1 atom stereocenters. The zero-order valence-corrected chi connectivity index (χ0v) is 12.2. The molecule has 8 heteroatoms. The van der Waals surface area contributed by atoms with Crippen LogP contribution >= 0.6 is 0 Å². The highest BCUT2D eigenvalue weighted by atomic mass is 16.2. The van der Waals surface area contributed by atoms with Crippen molar-refractivity contribution in [2.45, 2.75) is 18.9 Å². The Morgan fingerprint density at radius 2 is 2.39 bits per heavy atom. The number of aromatic nitrogens is 4. The van der Waals surface area contributed by atoms with Crippen molar-refractivity contribution < 1.29 is 4.79 Å². The van der Waals surface area contributed by atoms with Crippen LogP contribution in [-0.2, 0) is 4.79 Å². The Hall–Kier alpha value is -3.08. The Morgan fingerprint density at radius 1 is 1.52 bits per heavy atom. The predicted molar refractivity (Wildman–Crippen MR) is 82.7 cm³/mol. The first-order chi connectivity index (χ1) is 11.2. The summed E-state index contributed by atoms with van der Waals surface area (Å²) in [7, 11) is 0. The zero-order valence-electron chi connectivity index (χ0n) is 12.2. The van der Waals surface area contributed by atoms with Crippen molar-refractivity contribution in [1.29, 1.82) is 5.26 Å². The van der Waals surface area contributed by atoms with E-state index < -0.39 is 0 Å². The number of hydrogen-bond acceptors (Lipinski definition) is 4. The lowest BCUT2D eigenvalue weighted by Gasteiger charge is -2.15. The number of hydrogen-bond donors (Lipinski definition) is 2. The number of amides is 1. The first-order valence-electron chi connectivity index (χ1n) is 7.40. The van der Waals surface area contributed by atoms with Crippen LogP contribution in [0.5, 0.6) is 0 Å². The molecule has 8 nitrogen and oxygen atoms in total. The van der Waals surface area contributed by atoms with Gasteiger partial charge in [-0.25, -0.2) is 9.78 Å². The average molecular weight is 310 g/mol. The van der Waals surface area contributed by atoms with Crippen molar-refractivity contribution in [2.75, 3.05) is 13.1 Å². The van der Waals surface area contributed by atoms with Crippen LogP contribution in [0.4, 0.5) is 0 Å². The van der Waals surface area contributed by atoms with Gasteiger partial charge in [-0.3, -0.25) is 9.36 Å². The fraction of sp³-hybridized carbons (Fsp3) is 0.333. The van der Waals surface area contributed by atoms with E-state index in [1.54, 1.807) is 21.9 Å². The second-order valence-electron chi connectivity index (χ2n) is 5.68. The van der Waals surface area contributed by atoms with Gasteiger partial charge in [0.05, 0.1) is 29.3 Å². The molecule has 116 valence electrons. The first kappa shape index (κ1) is 13.6. The lowest BCUT2D eigenvalue weighted by molar-refractivity contribution is -0.129. The van der Waals surface area contributed by atoms with Gasteiger partial charge in [0.2, 0.25) is 5.91 Å². The Balaban J connectivity index is 1.79. The van der Waals surface area contributed by atoms with Gasteiger partial charge >= 0.3 is 5.69 Å². The number of nitriles is 1. The highest BCUT2D eigenvalue weighted by Gasteiger charge is 2.29. The molecular weight excluding hydrogens is 296 g/mol. The lowest BCUT2D eigenvalue weighted by Crippen LogP contribution is -2.30. The summed E-state index contributed by atoms with van der Waals surface area (Å²) in [6, 6.07) is 3.67. The maximum absolute atomic E-state index is 12.4. The third-order valence-corrected chi connectivity index (χ3v) is 4.37. The molecule has 3 aromatic rings. The molecule has 0 saturated carbocycles. The predicted octanol–water partition coefficient (Wildman–Crippen LogP) is 0.893. The molecule has 0 aliphatic carbocycles. The highest BCUT2D eigenvalue weighted by Crippen LogP contribution is 2.28. The van der Waals surface area contributed by atoms with Crippen LogP contribution < -0.4 is 5.69 Å². The van der Waals surface area contributed by atoms with E-state index in [0.717, 1.165) is 16.6 Å². The Labute approximate surface area is 130 Å². The van der Waals surface area contributed by atoms with Gasteiger partial charge in [-0.15, -0.1) is 0 Å². The summed E-state index contributed by atoms with van der Waals surface area (Å²) in [4.78, 5) is 36.1. The standard InChI is InChI=1S/C15H14N6O2/c16-4-1-12(22)20-6-3-9(8-20)21-13-10-2-5-17-14(10)18-7-11(13)19-15(21)23/h2,5,7,9H,1,3,6,8H2,(H,17,18)(H,19,23)/t9-/m1/s1. The maximum atomic E-state index is 12.4. The largest absolute Gasteiger partial charge is 0.346 e. The molecule has 1 aliphatic heterocycles. The summed E-state index contributed by atoms with van der Waals surface area (Å²) in [5.41, 5.74) is 2.01. The number of fused-ring (bicyclic) bond motifs is 3. The van der Waals surface area contributed by atoms with E-state index in [1.165, 1.54) is 0 Å². The molecule has 0 spiro atoms. The summed E-state index contributed by atoms with van der Waals surface area (Å²) in [6.07, 6.45) is 4.00. The van der Waals surface area contributed by atoms with Crippen molar-refractivity contribution in [3.8, 4) is 6.07 Å². The van der Waals surface area contributed by atoms with Crippen LogP contribution in [0.15, 0.2) is 23.3 Å². The fourth-order valence-electron chi connectivity index (χ4n) is 3.33. The Kier molecular flexibility index (Phi) is 2.94. The molecule has 3 aromatic heterocycles. The van der Waals surface area contributed by atoms with Gasteiger partial charge in [0.1, 0.15) is 12.1 Å². The van der Waals surface area contributed by atoms with Crippen molar-refractivity contribution in [3.63, 3.8) is 0 Å². The molecule has 1 amide bonds. The second-order valence-corrected chi connectivity index (χ2v) is 5.68. The van der Waals surface area contributed by atoms with Crippen molar-refractivity contribution >= 4 is 28.0 Å². The van der Waals surface area contributed by atoms with E-state index in [2.05, 4.69) is 15.0 Å². The summed E-state index contributed by atoms with van der Waals surface area (Å²) in [5, 5.41) is 9.54. The average Bonchev–Trinajstić information content (AvgIpc) is 3.23. The summed E-state index contributed by atoms with van der Waals surface area (Å²) >= 11 is 0. The number of rotatable bonds is 2. The van der Waals surface area contributed by atoms with Crippen LogP contribution in [0.3, 0.4) is 0 Å². The number of carbonyl (C=O) groups excluding carboxylic acids is 1. The minimum absolute atomic E-state index is 0.0978. The topological polar surface area (TPSA) is 111 Å². The quantitative estimate of drug-likeness (QED) is 0.732. The van der Waals surface area contributed by atoms with E-state index in [1.807, 2.05) is 12.1 Å². The number of nitrogens with one attached hydrogen (secondary N) is 2. The van der Waals surface area contributed by atoms with E-state index in [0.29, 0.717) is 25.0 Å². The summed E-state index contributed by atoms with van der Waals surface area (Å²) < 4.78 is 1.72. The molecule has 1 saturated heterocycles. The van der Waals surface area contributed by atoms with Gasteiger partial charge in [-0.05, 0) is 12.5 Å². The van der Waals surface area contributed by atoms with Gasteiger partial charge < -0.3 is 14.9 Å². The number of H-pyrrole nitrogens is 2. The van der Waals surface area contributed by atoms with Crippen molar-refractivity contribution in [3.05, 3.63) is 28.9 Å². The second kappa shape index (κ2) is 4.98. The van der Waals surface area contributed by atoms with Crippen LogP contribution in [0, 0.1) is 11.3 Å². The molecule has 0 bridgehead atoms. The molecule has 0 aromatic carbocycles. The number of nitrogens with zero attached hydrogens (tertiary/aromatic N) is 4. The smallest absolute Gasteiger partial charge is 0.326 e. The van der Waals surface area contributed by atoms with Gasteiger partial charge in [0.25, 0.3) is 0 Å². The number of aromatic amines is 2. The van der Waals surface area contributed by atoms with Crippen LogP contribution in [0.2, 0.25) is 0 Å². The van der Waals surface area contributed by atoms with Gasteiger partial charge in [-0.2, -0.15) is 5.26 Å². The van der Waals surface area contributed by atoms with Crippen molar-refractivity contribution in [1.82, 2.24) is 24.4 Å². The molecule has 4 heterocycles. The SMILES string of the molecule is N#CCC(=O)N1CC[C@@H](n2c(=O)[nH]c3cnc4[nH]ccc4c32)C1. The fourth-order valence-corrected chi connectivity index (χ4v) is 3.33. The lowest BCUT2D eigenvalue weighted by atomic mass is 10.2. The summed E-state index contributed by atoms with van der Waals surface area (Å²) in [5.74, 6) is -0.184. The Morgan fingerprint density at radius 3 is 3.22 bits per heavy atom. The minimum atomic E-state index is -0.199. The normalized spacial score (nSPS) is 17.9. The van der Waals surface area contributed by atoms with Crippen LogP contribution in [0.25, 0.3) is 22.1 Å². The van der Waals surface area contributed by atoms with E-state index in [-0.39, 0.29) is 24.1 Å². The highest BCUT2D eigenvalue weighted by molar-refractivity contribution is 6.00. The Bertz CT molecular complexity index is 1000. The van der Waals surface area contributed by atoms with Crippen LogP contribution in [-0.4, -0.2) is 43.4 Å². The minimum Gasteiger partial charge on any atom is -0.346 e. The van der Waals surface area contributed by atoms with E-state index in [4.69, 9.17) is 5.26 Å². The first-order valence-corrected chi connectivity index (χ1v) is 7.40. The number of carbonyl (C=O) groups is 1. The van der Waals surface area contributed by atoms with Gasteiger partial charge in [0, 0.05) is 24.7 Å². The van der Waals surface area contributed by atoms with E-state index in [9.17, 15) is 9.59 Å². The van der Waals surface area contributed by atoms with Crippen molar-refractivity contribution in [2.24, 2.45) is 0 Å². The maximum Gasteiger partial charge on any atom is 0.326 e. The number of likely N-dealkylation sites (tertiary alicyclic amines) is 1. The zero-order chi connectivity index (χ0) is 16.0. The molecule has 23 heavy (non-hydrogen) atoms. The van der Waals surface area contributed by atoms with Gasteiger partial charge in [-0.1, -0.05) is 0 Å². The molecule has 2 N–H and O–H groups in total. The molecular formula is C15H14N6O2. The number of imidazole rings is 1. The summed E-state index contributed by atoms with van der Waals surface area (Å²) in [6.45, 7) is 1.01. The monoisotopic (exact) mass is 310 g/mol. The molecule has 4 rings (SSSR count). The third-order valence-electron chi connectivity index (χ3n) is 4.37. The molecule has 1 aliphatic rings. The molecule has 0 unspecified atom stereocenters.